The van der Waals surface area contributed by atoms with Crippen LogP contribution in [0.4, 0.5) is 5.69 Å². The zero-order chi connectivity index (χ0) is 14.7. The number of amides is 1. The van der Waals surface area contributed by atoms with E-state index in [1.165, 1.54) is 12.1 Å². The van der Waals surface area contributed by atoms with E-state index in [1.54, 1.807) is 6.07 Å². The normalized spacial score (nSPS) is 21.6. The number of carboxylic acids is 1. The summed E-state index contributed by atoms with van der Waals surface area (Å²) in [6.45, 7) is 0.259. The molecule has 0 spiro atoms. The Morgan fingerprint density at radius 3 is 2.75 bits per heavy atom. The van der Waals surface area contributed by atoms with Gasteiger partial charge in [-0.25, -0.2) is 4.79 Å². The lowest BCUT2D eigenvalue weighted by molar-refractivity contribution is -0.149. The fourth-order valence-corrected chi connectivity index (χ4v) is 2.33. The number of anilines is 1. The summed E-state index contributed by atoms with van der Waals surface area (Å²) in [6, 6.07) is 4.59. The Labute approximate surface area is 120 Å². The van der Waals surface area contributed by atoms with Crippen molar-refractivity contribution in [1.82, 2.24) is 5.32 Å². The van der Waals surface area contributed by atoms with Crippen LogP contribution in [0.2, 0.25) is 5.02 Å². The Morgan fingerprint density at radius 1 is 1.40 bits per heavy atom. The number of aliphatic carboxylic acids is 1. The van der Waals surface area contributed by atoms with Crippen LogP contribution in [0, 0.1) is 0 Å². The number of halogens is 1. The van der Waals surface area contributed by atoms with Crippen molar-refractivity contribution in [1.29, 1.82) is 0 Å². The number of hydrogen-bond acceptors (Lipinski definition) is 4. The van der Waals surface area contributed by atoms with Gasteiger partial charge in [0.2, 0.25) is 0 Å². The molecule has 4 N–H and O–H groups in total. The van der Waals surface area contributed by atoms with E-state index >= 15 is 0 Å². The summed E-state index contributed by atoms with van der Waals surface area (Å²) in [5.41, 5.74) is 6.38. The molecule has 0 aliphatic carbocycles. The highest BCUT2D eigenvalue weighted by Gasteiger charge is 2.30. The van der Waals surface area contributed by atoms with E-state index in [9.17, 15) is 9.59 Å². The molecule has 108 valence electrons. The summed E-state index contributed by atoms with van der Waals surface area (Å²) in [5.74, 6) is -1.29. The zero-order valence-electron chi connectivity index (χ0n) is 10.6. The number of carbonyl (C=O) groups excluding carboxylic acids is 1. The Kier molecular flexibility index (Phi) is 4.46. The molecular weight excluding hydrogens is 284 g/mol. The van der Waals surface area contributed by atoms with Crippen LogP contribution in [0.1, 0.15) is 23.2 Å². The lowest BCUT2D eigenvalue weighted by Crippen LogP contribution is -2.33. The lowest BCUT2D eigenvalue weighted by Gasteiger charge is -2.12. The average Bonchev–Trinajstić information content (AvgIpc) is 2.83. The second kappa shape index (κ2) is 6.11. The summed E-state index contributed by atoms with van der Waals surface area (Å²) < 4.78 is 5.29. The van der Waals surface area contributed by atoms with Crippen LogP contribution in [0.5, 0.6) is 0 Å². The van der Waals surface area contributed by atoms with Crippen LogP contribution in [0.15, 0.2) is 18.2 Å². The smallest absolute Gasteiger partial charge is 0.332 e. The molecule has 0 radical (unpaired) electrons. The topological polar surface area (TPSA) is 102 Å². The van der Waals surface area contributed by atoms with Crippen molar-refractivity contribution >= 4 is 29.2 Å². The highest BCUT2D eigenvalue weighted by Crippen LogP contribution is 2.20. The summed E-state index contributed by atoms with van der Waals surface area (Å²) in [7, 11) is 0. The minimum absolute atomic E-state index is 0.259. The van der Waals surface area contributed by atoms with E-state index in [0.29, 0.717) is 29.1 Å². The van der Waals surface area contributed by atoms with Gasteiger partial charge in [-0.2, -0.15) is 0 Å². The van der Waals surface area contributed by atoms with Crippen LogP contribution in [-0.2, 0) is 9.53 Å². The van der Waals surface area contributed by atoms with E-state index in [1.807, 2.05) is 0 Å². The molecule has 1 amide bonds. The average molecular weight is 299 g/mol. The van der Waals surface area contributed by atoms with Gasteiger partial charge in [-0.1, -0.05) is 11.6 Å². The zero-order valence-corrected chi connectivity index (χ0v) is 11.4. The maximum Gasteiger partial charge on any atom is 0.332 e. The van der Waals surface area contributed by atoms with Gasteiger partial charge < -0.3 is 20.9 Å². The molecule has 1 saturated heterocycles. The van der Waals surface area contributed by atoms with Crippen LogP contribution in [0.3, 0.4) is 0 Å². The third-order valence-electron chi connectivity index (χ3n) is 3.06. The monoisotopic (exact) mass is 298 g/mol. The van der Waals surface area contributed by atoms with Gasteiger partial charge in [0.15, 0.2) is 6.10 Å². The first-order valence-electron chi connectivity index (χ1n) is 6.18. The number of carboxylic acid groups (broad SMARTS) is 1. The van der Waals surface area contributed by atoms with Crippen LogP contribution in [-0.4, -0.2) is 35.7 Å². The van der Waals surface area contributed by atoms with Crippen molar-refractivity contribution in [2.24, 2.45) is 0 Å². The minimum atomic E-state index is -0.971. The van der Waals surface area contributed by atoms with Crippen LogP contribution < -0.4 is 11.1 Å². The Morgan fingerprint density at radius 2 is 2.15 bits per heavy atom. The fourth-order valence-electron chi connectivity index (χ4n) is 2.09. The molecule has 0 saturated carbocycles. The number of ether oxygens (including phenoxy) is 1. The Balaban J connectivity index is 1.88. The molecule has 2 unspecified atom stereocenters. The fraction of sp³-hybridized carbons (Fsp3) is 0.385. The van der Waals surface area contributed by atoms with E-state index in [2.05, 4.69) is 5.32 Å². The molecule has 6 nitrogen and oxygen atoms in total. The van der Waals surface area contributed by atoms with Gasteiger partial charge in [0.25, 0.3) is 5.91 Å². The van der Waals surface area contributed by atoms with Crippen LogP contribution >= 0.6 is 11.6 Å². The summed E-state index contributed by atoms with van der Waals surface area (Å²) >= 11 is 5.83. The first-order valence-corrected chi connectivity index (χ1v) is 6.56. The number of nitrogen functional groups attached to an aromatic ring is 1. The molecule has 1 heterocycles. The van der Waals surface area contributed by atoms with E-state index in [0.717, 1.165) is 0 Å². The summed E-state index contributed by atoms with van der Waals surface area (Å²) in [6.07, 6.45) is 0.00449. The molecule has 1 fully saturated rings. The van der Waals surface area contributed by atoms with E-state index in [4.69, 9.17) is 27.2 Å². The number of nitrogens with two attached hydrogens (primary N) is 1. The van der Waals surface area contributed by atoms with Crippen molar-refractivity contribution in [3.63, 3.8) is 0 Å². The second-order valence-corrected chi connectivity index (χ2v) is 5.08. The van der Waals surface area contributed by atoms with Gasteiger partial charge in [-0.05, 0) is 31.0 Å². The molecule has 7 heteroatoms. The highest BCUT2D eigenvalue weighted by atomic mass is 35.5. The van der Waals surface area contributed by atoms with E-state index in [-0.39, 0.29) is 18.6 Å². The third-order valence-corrected chi connectivity index (χ3v) is 3.27. The van der Waals surface area contributed by atoms with Crippen molar-refractivity contribution in [3.05, 3.63) is 28.8 Å². The molecule has 2 atom stereocenters. The van der Waals surface area contributed by atoms with Gasteiger partial charge >= 0.3 is 5.97 Å². The SMILES string of the molecule is Nc1cc(Cl)cc(C(=O)NCC2CCC(C(=O)O)O2)c1. The van der Waals surface area contributed by atoms with Gasteiger partial charge in [0, 0.05) is 22.8 Å². The van der Waals surface area contributed by atoms with E-state index < -0.39 is 12.1 Å². The van der Waals surface area contributed by atoms with Gasteiger partial charge in [-0.3, -0.25) is 4.79 Å². The number of rotatable bonds is 4. The van der Waals surface area contributed by atoms with Gasteiger partial charge in [0.05, 0.1) is 6.10 Å². The molecule has 20 heavy (non-hydrogen) atoms. The van der Waals surface area contributed by atoms with Crippen LogP contribution in [0.25, 0.3) is 0 Å². The number of carbonyl (C=O) groups is 2. The molecular formula is C13H15ClN2O4. The quantitative estimate of drug-likeness (QED) is 0.727. The Bertz CT molecular complexity index is 515. The van der Waals surface area contributed by atoms with Crippen molar-refractivity contribution in [2.45, 2.75) is 25.0 Å². The molecule has 1 aliphatic rings. The molecule has 1 aromatic carbocycles. The summed E-state index contributed by atoms with van der Waals surface area (Å²) in [5, 5.41) is 11.9. The van der Waals surface area contributed by atoms with Crippen molar-refractivity contribution in [3.8, 4) is 0 Å². The first-order chi connectivity index (χ1) is 9.45. The minimum Gasteiger partial charge on any atom is -0.479 e. The van der Waals surface area contributed by atoms with Crippen molar-refractivity contribution < 1.29 is 19.4 Å². The maximum atomic E-state index is 11.9. The predicted molar refractivity (Wildman–Crippen MR) is 73.7 cm³/mol. The first kappa shape index (κ1) is 14.6. The molecule has 0 aromatic heterocycles. The summed E-state index contributed by atoms with van der Waals surface area (Å²) in [4.78, 5) is 22.7. The number of benzene rings is 1. The Hall–Kier alpha value is -1.79. The largest absolute Gasteiger partial charge is 0.479 e. The third kappa shape index (κ3) is 3.61. The molecule has 1 aromatic rings. The number of hydrogen-bond donors (Lipinski definition) is 3. The van der Waals surface area contributed by atoms with Crippen molar-refractivity contribution in [2.75, 3.05) is 12.3 Å². The predicted octanol–water partition coefficient (Wildman–Crippen LogP) is 1.28. The van der Waals surface area contributed by atoms with Gasteiger partial charge in [-0.15, -0.1) is 0 Å². The molecule has 1 aliphatic heterocycles. The van der Waals surface area contributed by atoms with Gasteiger partial charge in [0.1, 0.15) is 0 Å². The number of nitrogens with one attached hydrogen (secondary N) is 1. The second-order valence-electron chi connectivity index (χ2n) is 4.65. The molecule has 2 rings (SSSR count). The standard InChI is InChI=1S/C13H15ClN2O4/c14-8-3-7(4-9(15)5-8)12(17)16-6-10-1-2-11(20-10)13(18)19/h3-5,10-11H,1-2,6,15H2,(H,16,17)(H,18,19). The molecule has 0 bridgehead atoms. The lowest BCUT2D eigenvalue weighted by atomic mass is 10.1. The highest BCUT2D eigenvalue weighted by molar-refractivity contribution is 6.31. The maximum absolute atomic E-state index is 11.9.